The third-order valence-corrected chi connectivity index (χ3v) is 4.05. The molecule has 2 aromatic carbocycles. The van der Waals surface area contributed by atoms with Crippen molar-refractivity contribution in [3.63, 3.8) is 0 Å². The number of benzene rings is 2. The predicted molar refractivity (Wildman–Crippen MR) is 107 cm³/mol. The van der Waals surface area contributed by atoms with E-state index in [2.05, 4.69) is 16.0 Å². The number of hydrogen-bond acceptors (Lipinski definition) is 3. The molecule has 1 unspecified atom stereocenters. The van der Waals surface area contributed by atoms with E-state index in [9.17, 15) is 19.5 Å². The Balaban J connectivity index is 2.17. The van der Waals surface area contributed by atoms with Crippen LogP contribution in [0.5, 0.6) is 0 Å². The Bertz CT molecular complexity index is 864. The van der Waals surface area contributed by atoms with Gasteiger partial charge < -0.3 is 21.1 Å². The topological polar surface area (TPSA) is 108 Å². The largest absolute Gasteiger partial charge is 0.481 e. The van der Waals surface area contributed by atoms with Crippen LogP contribution >= 0.6 is 0 Å². The van der Waals surface area contributed by atoms with Crippen LogP contribution in [0.25, 0.3) is 0 Å². The maximum absolute atomic E-state index is 12.7. The van der Waals surface area contributed by atoms with Gasteiger partial charge in [-0.3, -0.25) is 9.59 Å². The van der Waals surface area contributed by atoms with E-state index in [0.717, 1.165) is 11.1 Å². The molecular formula is C21H25N3O4. The highest BCUT2D eigenvalue weighted by Crippen LogP contribution is 2.22. The van der Waals surface area contributed by atoms with E-state index in [0.29, 0.717) is 11.3 Å². The van der Waals surface area contributed by atoms with Crippen molar-refractivity contribution in [1.82, 2.24) is 10.6 Å². The van der Waals surface area contributed by atoms with Crippen molar-refractivity contribution < 1.29 is 19.5 Å². The number of amides is 3. The fourth-order valence-corrected chi connectivity index (χ4v) is 2.80. The number of carboxylic acid groups (broad SMARTS) is 1. The minimum absolute atomic E-state index is 0.0163. The number of anilines is 1. The van der Waals surface area contributed by atoms with Gasteiger partial charge in [-0.05, 0) is 50.1 Å². The lowest BCUT2D eigenvalue weighted by atomic mass is 9.98. The van der Waals surface area contributed by atoms with Crippen LogP contribution in [-0.2, 0) is 4.79 Å². The lowest BCUT2D eigenvalue weighted by Crippen LogP contribution is -2.34. The van der Waals surface area contributed by atoms with Gasteiger partial charge in [0.2, 0.25) is 0 Å². The summed E-state index contributed by atoms with van der Waals surface area (Å²) >= 11 is 0. The first-order valence-corrected chi connectivity index (χ1v) is 9.02. The van der Waals surface area contributed by atoms with Crippen LogP contribution < -0.4 is 16.0 Å². The molecule has 0 saturated carbocycles. The van der Waals surface area contributed by atoms with Crippen LogP contribution in [-0.4, -0.2) is 29.1 Å². The lowest BCUT2D eigenvalue weighted by Gasteiger charge is -2.20. The molecule has 28 heavy (non-hydrogen) atoms. The summed E-state index contributed by atoms with van der Waals surface area (Å²) < 4.78 is 0. The Hall–Kier alpha value is -3.35. The highest BCUT2D eigenvalue weighted by atomic mass is 16.4. The van der Waals surface area contributed by atoms with Gasteiger partial charge in [-0.1, -0.05) is 30.3 Å². The smallest absolute Gasteiger partial charge is 0.319 e. The minimum Gasteiger partial charge on any atom is -0.481 e. The Morgan fingerprint density at radius 3 is 2.36 bits per heavy atom. The first kappa shape index (κ1) is 21.0. The maximum atomic E-state index is 12.7. The number of aliphatic carboxylic acids is 1. The second kappa shape index (κ2) is 9.55. The molecule has 0 aliphatic heterocycles. The third-order valence-electron chi connectivity index (χ3n) is 4.05. The molecule has 2 rings (SSSR count). The van der Waals surface area contributed by atoms with Crippen LogP contribution in [0.1, 0.15) is 47.8 Å². The average Bonchev–Trinajstić information content (AvgIpc) is 2.60. The van der Waals surface area contributed by atoms with Gasteiger partial charge in [-0.15, -0.1) is 0 Å². The van der Waals surface area contributed by atoms with Crippen molar-refractivity contribution in [3.05, 3.63) is 65.2 Å². The molecule has 0 aromatic heterocycles. The average molecular weight is 383 g/mol. The summed E-state index contributed by atoms with van der Waals surface area (Å²) in [5.41, 5.74) is 2.45. The number of aryl methyl sites for hydroxylation is 1. The first-order chi connectivity index (χ1) is 13.3. The first-order valence-electron chi connectivity index (χ1n) is 9.02. The number of carbonyl (C=O) groups excluding carboxylic acids is 2. The second-order valence-corrected chi connectivity index (χ2v) is 6.81. The van der Waals surface area contributed by atoms with Gasteiger partial charge in [-0.25, -0.2) is 4.79 Å². The lowest BCUT2D eigenvalue weighted by molar-refractivity contribution is -0.137. The Morgan fingerprint density at radius 2 is 1.71 bits per heavy atom. The molecule has 0 bridgehead atoms. The summed E-state index contributed by atoms with van der Waals surface area (Å²) in [5, 5.41) is 17.4. The molecule has 7 heteroatoms. The van der Waals surface area contributed by atoms with Crippen LogP contribution in [0.2, 0.25) is 0 Å². The zero-order chi connectivity index (χ0) is 20.7. The zero-order valence-corrected chi connectivity index (χ0v) is 16.2. The Labute approximate surface area is 164 Å². The van der Waals surface area contributed by atoms with Crippen molar-refractivity contribution in [1.29, 1.82) is 0 Å². The van der Waals surface area contributed by atoms with E-state index in [-0.39, 0.29) is 18.5 Å². The molecule has 3 amide bonds. The predicted octanol–water partition coefficient (Wildman–Crippen LogP) is 3.47. The Morgan fingerprint density at radius 1 is 1.00 bits per heavy atom. The van der Waals surface area contributed by atoms with Crippen molar-refractivity contribution in [3.8, 4) is 0 Å². The van der Waals surface area contributed by atoms with E-state index >= 15 is 0 Å². The molecular weight excluding hydrogens is 358 g/mol. The third kappa shape index (κ3) is 6.12. The second-order valence-electron chi connectivity index (χ2n) is 6.81. The summed E-state index contributed by atoms with van der Waals surface area (Å²) in [5.74, 6) is -1.42. The minimum atomic E-state index is -1.01. The summed E-state index contributed by atoms with van der Waals surface area (Å²) in [7, 11) is 0. The molecule has 7 nitrogen and oxygen atoms in total. The van der Waals surface area contributed by atoms with Crippen LogP contribution in [0.3, 0.4) is 0 Å². The number of rotatable bonds is 7. The highest BCUT2D eigenvalue weighted by molar-refractivity contribution is 5.97. The quantitative estimate of drug-likeness (QED) is 0.587. The number of carbonyl (C=O) groups is 3. The summed E-state index contributed by atoms with van der Waals surface area (Å²) in [6, 6.07) is 12.8. The van der Waals surface area contributed by atoms with Crippen molar-refractivity contribution in [2.75, 3.05) is 5.32 Å². The van der Waals surface area contributed by atoms with E-state index in [1.165, 1.54) is 0 Å². The molecule has 0 aliphatic carbocycles. The number of urea groups is 1. The fourth-order valence-electron chi connectivity index (χ4n) is 2.80. The maximum Gasteiger partial charge on any atom is 0.319 e. The van der Waals surface area contributed by atoms with Crippen molar-refractivity contribution in [2.45, 2.75) is 39.3 Å². The monoisotopic (exact) mass is 383 g/mol. The molecule has 148 valence electrons. The van der Waals surface area contributed by atoms with Crippen LogP contribution in [0.15, 0.2) is 48.5 Å². The van der Waals surface area contributed by atoms with Gasteiger partial charge in [-0.2, -0.15) is 0 Å². The van der Waals surface area contributed by atoms with Crippen LogP contribution in [0.4, 0.5) is 10.5 Å². The fraction of sp³-hybridized carbons (Fsp3) is 0.286. The molecule has 0 fully saturated rings. The molecule has 1 atom stereocenters. The molecule has 0 spiro atoms. The van der Waals surface area contributed by atoms with Gasteiger partial charge in [0.25, 0.3) is 5.91 Å². The van der Waals surface area contributed by atoms with Gasteiger partial charge in [0.05, 0.1) is 12.5 Å². The summed E-state index contributed by atoms with van der Waals surface area (Å²) in [6.07, 6.45) is -0.231. The van der Waals surface area contributed by atoms with Gasteiger partial charge in [0.15, 0.2) is 0 Å². The van der Waals surface area contributed by atoms with E-state index in [1.54, 1.807) is 36.4 Å². The molecule has 0 heterocycles. The SMILES string of the molecule is Cc1ccccc1C(CC(=O)O)NC(=O)c1cccc(NC(=O)NC(C)C)c1. The normalized spacial score (nSPS) is 11.6. The van der Waals surface area contributed by atoms with Crippen LogP contribution in [0, 0.1) is 6.92 Å². The molecule has 0 saturated heterocycles. The molecule has 4 N–H and O–H groups in total. The van der Waals surface area contributed by atoms with Crippen molar-refractivity contribution in [2.24, 2.45) is 0 Å². The molecule has 2 aromatic rings. The van der Waals surface area contributed by atoms with Crippen molar-refractivity contribution >= 4 is 23.6 Å². The molecule has 0 aliphatic rings. The number of carboxylic acids is 1. The molecule has 0 radical (unpaired) electrons. The number of hydrogen-bond donors (Lipinski definition) is 4. The van der Waals surface area contributed by atoms with Gasteiger partial charge in [0, 0.05) is 17.3 Å². The Kier molecular flexibility index (Phi) is 7.14. The van der Waals surface area contributed by atoms with Gasteiger partial charge >= 0.3 is 12.0 Å². The standard InChI is InChI=1S/C21H25N3O4/c1-13(2)22-21(28)23-16-9-6-8-15(11-16)20(27)24-18(12-19(25)26)17-10-5-4-7-14(17)3/h4-11,13,18H,12H2,1-3H3,(H,24,27)(H,25,26)(H2,22,23,28). The number of nitrogens with one attached hydrogen (secondary N) is 3. The summed E-state index contributed by atoms with van der Waals surface area (Å²) in [4.78, 5) is 35.8. The zero-order valence-electron chi connectivity index (χ0n) is 16.2. The summed E-state index contributed by atoms with van der Waals surface area (Å²) in [6.45, 7) is 5.56. The van der Waals surface area contributed by atoms with E-state index in [4.69, 9.17) is 0 Å². The van der Waals surface area contributed by atoms with E-state index in [1.807, 2.05) is 32.9 Å². The van der Waals surface area contributed by atoms with Gasteiger partial charge in [0.1, 0.15) is 0 Å². The highest BCUT2D eigenvalue weighted by Gasteiger charge is 2.20. The van der Waals surface area contributed by atoms with E-state index < -0.39 is 17.9 Å².